The van der Waals surface area contributed by atoms with Crippen molar-refractivity contribution in [1.29, 1.82) is 0 Å². The van der Waals surface area contributed by atoms with E-state index < -0.39 is 0 Å². The van der Waals surface area contributed by atoms with Crippen LogP contribution in [0.5, 0.6) is 0 Å². The Balaban J connectivity index is 3.87. The lowest BCUT2D eigenvalue weighted by atomic mass is 10.1. The Labute approximate surface area is 106 Å². The zero-order valence-corrected chi connectivity index (χ0v) is 11.9. The summed E-state index contributed by atoms with van der Waals surface area (Å²) in [6.45, 7) is 8.66. The van der Waals surface area contributed by atoms with Crippen LogP contribution in [0.1, 0.15) is 53.4 Å². The first-order valence-corrected chi connectivity index (χ1v) is 6.60. The van der Waals surface area contributed by atoms with E-state index in [1.54, 1.807) is 0 Å². The normalized spacial score (nSPS) is 12.8. The van der Waals surface area contributed by atoms with Crippen molar-refractivity contribution in [2.45, 2.75) is 53.4 Å². The zero-order valence-electron chi connectivity index (χ0n) is 11.1. The SMILES string of the molecule is CC(C)=CCC/C(C)=C\C/C=C(/C)CCCl. The predicted octanol–water partition coefficient (Wildman–Crippen LogP) is 5.64. The van der Waals surface area contributed by atoms with Crippen molar-refractivity contribution >= 4 is 11.6 Å². The fraction of sp³-hybridized carbons (Fsp3) is 0.600. The van der Waals surface area contributed by atoms with E-state index in [1.165, 1.54) is 23.1 Å². The summed E-state index contributed by atoms with van der Waals surface area (Å²) in [6, 6.07) is 0. The van der Waals surface area contributed by atoms with Gasteiger partial charge >= 0.3 is 0 Å². The molecule has 0 unspecified atom stereocenters. The molecule has 0 aromatic carbocycles. The van der Waals surface area contributed by atoms with Gasteiger partial charge in [-0.1, -0.05) is 34.9 Å². The third-order valence-electron chi connectivity index (χ3n) is 2.51. The maximum Gasteiger partial charge on any atom is 0.0260 e. The molecule has 0 aliphatic heterocycles. The van der Waals surface area contributed by atoms with Gasteiger partial charge in [-0.15, -0.1) is 11.6 Å². The van der Waals surface area contributed by atoms with Crippen LogP contribution in [0.15, 0.2) is 34.9 Å². The molecule has 0 bridgehead atoms. The largest absolute Gasteiger partial charge is 0.126 e. The van der Waals surface area contributed by atoms with Gasteiger partial charge in [0, 0.05) is 5.88 Å². The molecule has 0 radical (unpaired) electrons. The number of halogens is 1. The summed E-state index contributed by atoms with van der Waals surface area (Å²) in [7, 11) is 0. The second kappa shape index (κ2) is 9.72. The summed E-state index contributed by atoms with van der Waals surface area (Å²) in [4.78, 5) is 0. The van der Waals surface area contributed by atoms with Crippen molar-refractivity contribution in [2.24, 2.45) is 0 Å². The van der Waals surface area contributed by atoms with Gasteiger partial charge in [-0.2, -0.15) is 0 Å². The van der Waals surface area contributed by atoms with Gasteiger partial charge in [0.05, 0.1) is 0 Å². The third kappa shape index (κ3) is 10.0. The average Bonchev–Trinajstić information content (AvgIpc) is 2.17. The molecule has 0 amide bonds. The standard InChI is InChI=1S/C15H25Cl/c1-13(2)7-5-8-14(3)9-6-10-15(4)11-12-16/h7,9-10H,5-6,8,11-12H2,1-4H3/b14-9-,15-10-. The molecule has 0 saturated heterocycles. The highest BCUT2D eigenvalue weighted by atomic mass is 35.5. The fourth-order valence-corrected chi connectivity index (χ4v) is 1.70. The van der Waals surface area contributed by atoms with Gasteiger partial charge in [-0.05, 0) is 53.4 Å². The van der Waals surface area contributed by atoms with E-state index in [2.05, 4.69) is 45.9 Å². The van der Waals surface area contributed by atoms with Crippen molar-refractivity contribution in [3.05, 3.63) is 34.9 Å². The number of alkyl halides is 1. The summed E-state index contributed by atoms with van der Waals surface area (Å²) in [5.41, 5.74) is 4.28. The van der Waals surface area contributed by atoms with E-state index in [9.17, 15) is 0 Å². The second-order valence-corrected chi connectivity index (χ2v) is 4.97. The lowest BCUT2D eigenvalue weighted by Crippen LogP contribution is -1.80. The second-order valence-electron chi connectivity index (χ2n) is 4.60. The van der Waals surface area contributed by atoms with Crippen LogP contribution < -0.4 is 0 Å². The van der Waals surface area contributed by atoms with Crippen LogP contribution in [0.2, 0.25) is 0 Å². The lowest BCUT2D eigenvalue weighted by Gasteiger charge is -1.99. The fourth-order valence-electron chi connectivity index (χ4n) is 1.40. The van der Waals surface area contributed by atoms with Gasteiger partial charge in [-0.3, -0.25) is 0 Å². The zero-order chi connectivity index (χ0) is 12.4. The predicted molar refractivity (Wildman–Crippen MR) is 76.1 cm³/mol. The Morgan fingerprint density at radius 3 is 1.94 bits per heavy atom. The third-order valence-corrected chi connectivity index (χ3v) is 2.70. The Bertz CT molecular complexity index is 265. The quantitative estimate of drug-likeness (QED) is 0.399. The monoisotopic (exact) mass is 240 g/mol. The first-order chi connectivity index (χ1) is 7.56. The molecule has 92 valence electrons. The molecule has 0 aliphatic carbocycles. The number of allylic oxidation sites excluding steroid dienone is 6. The summed E-state index contributed by atoms with van der Waals surface area (Å²) in [5.74, 6) is 0.728. The molecule has 16 heavy (non-hydrogen) atoms. The molecule has 0 aromatic heterocycles. The maximum absolute atomic E-state index is 5.67. The van der Waals surface area contributed by atoms with E-state index in [1.807, 2.05) is 0 Å². The van der Waals surface area contributed by atoms with E-state index in [4.69, 9.17) is 11.6 Å². The Kier molecular flexibility index (Phi) is 9.42. The molecule has 0 aromatic rings. The minimum atomic E-state index is 0.728. The summed E-state index contributed by atoms with van der Waals surface area (Å²) < 4.78 is 0. The van der Waals surface area contributed by atoms with Crippen molar-refractivity contribution < 1.29 is 0 Å². The first-order valence-electron chi connectivity index (χ1n) is 6.07. The topological polar surface area (TPSA) is 0 Å². The van der Waals surface area contributed by atoms with Crippen LogP contribution in [0.3, 0.4) is 0 Å². The molecule has 0 aliphatic rings. The van der Waals surface area contributed by atoms with Crippen LogP contribution in [-0.4, -0.2) is 5.88 Å². The molecule has 0 N–H and O–H groups in total. The Morgan fingerprint density at radius 2 is 1.44 bits per heavy atom. The highest BCUT2D eigenvalue weighted by molar-refractivity contribution is 6.17. The van der Waals surface area contributed by atoms with Gasteiger partial charge in [0.1, 0.15) is 0 Å². The minimum Gasteiger partial charge on any atom is -0.126 e. The van der Waals surface area contributed by atoms with Gasteiger partial charge < -0.3 is 0 Å². The molecule has 0 fully saturated rings. The van der Waals surface area contributed by atoms with E-state index in [-0.39, 0.29) is 0 Å². The molecular weight excluding hydrogens is 216 g/mol. The molecule has 0 spiro atoms. The lowest BCUT2D eigenvalue weighted by molar-refractivity contribution is 0.956. The van der Waals surface area contributed by atoms with Crippen LogP contribution >= 0.6 is 11.6 Å². The molecule has 0 nitrogen and oxygen atoms in total. The molecule has 0 heterocycles. The Hall–Kier alpha value is -0.490. The first kappa shape index (κ1) is 15.5. The summed E-state index contributed by atoms with van der Waals surface area (Å²) >= 11 is 5.67. The molecule has 1 heteroatoms. The number of hydrogen-bond acceptors (Lipinski definition) is 0. The van der Waals surface area contributed by atoms with Crippen LogP contribution in [0.4, 0.5) is 0 Å². The van der Waals surface area contributed by atoms with Crippen LogP contribution in [0, 0.1) is 0 Å². The highest BCUT2D eigenvalue weighted by Gasteiger charge is 1.89. The van der Waals surface area contributed by atoms with E-state index in [0.29, 0.717) is 0 Å². The van der Waals surface area contributed by atoms with Gasteiger partial charge in [-0.25, -0.2) is 0 Å². The van der Waals surface area contributed by atoms with Crippen molar-refractivity contribution in [2.75, 3.05) is 5.88 Å². The van der Waals surface area contributed by atoms with Gasteiger partial charge in [0.15, 0.2) is 0 Å². The molecule has 0 atom stereocenters. The Morgan fingerprint density at radius 1 is 0.875 bits per heavy atom. The van der Waals surface area contributed by atoms with E-state index in [0.717, 1.165) is 25.1 Å². The number of hydrogen-bond donors (Lipinski definition) is 0. The van der Waals surface area contributed by atoms with E-state index >= 15 is 0 Å². The van der Waals surface area contributed by atoms with Crippen molar-refractivity contribution in [1.82, 2.24) is 0 Å². The van der Waals surface area contributed by atoms with Crippen LogP contribution in [-0.2, 0) is 0 Å². The van der Waals surface area contributed by atoms with Crippen molar-refractivity contribution in [3.8, 4) is 0 Å². The maximum atomic E-state index is 5.67. The molecule has 0 rings (SSSR count). The molecular formula is C15H25Cl. The minimum absolute atomic E-state index is 0.728. The van der Waals surface area contributed by atoms with Gasteiger partial charge in [0.2, 0.25) is 0 Å². The summed E-state index contributed by atoms with van der Waals surface area (Å²) in [6.07, 6.45) is 11.3. The summed E-state index contributed by atoms with van der Waals surface area (Å²) in [5, 5.41) is 0. The van der Waals surface area contributed by atoms with Crippen LogP contribution in [0.25, 0.3) is 0 Å². The highest BCUT2D eigenvalue weighted by Crippen LogP contribution is 2.09. The van der Waals surface area contributed by atoms with Crippen molar-refractivity contribution in [3.63, 3.8) is 0 Å². The molecule has 0 saturated carbocycles. The smallest absolute Gasteiger partial charge is 0.0260 e. The average molecular weight is 241 g/mol. The number of rotatable bonds is 7. The van der Waals surface area contributed by atoms with Gasteiger partial charge in [0.25, 0.3) is 0 Å².